The minimum absolute atomic E-state index is 0.153. The maximum Gasteiger partial charge on any atom is 0.0645 e. The predicted octanol–water partition coefficient (Wildman–Crippen LogP) is 1.17. The predicted molar refractivity (Wildman–Crippen MR) is 43.8 cm³/mol. The Kier molecular flexibility index (Phi) is 5.26. The van der Waals surface area contributed by atoms with Crippen molar-refractivity contribution in [2.75, 3.05) is 13.2 Å². The fourth-order valence-corrected chi connectivity index (χ4v) is 0.480. The Balaban J connectivity index is 3.21. The summed E-state index contributed by atoms with van der Waals surface area (Å²) in [6, 6.07) is 0.153. The summed E-state index contributed by atoms with van der Waals surface area (Å²) in [4.78, 5) is 0. The average molecular weight is 143 g/mol. The average Bonchev–Trinajstić information content (AvgIpc) is 1.88. The zero-order valence-corrected chi connectivity index (χ0v) is 6.84. The second kappa shape index (κ2) is 5.45. The second-order valence-electron chi connectivity index (χ2n) is 2.73. The van der Waals surface area contributed by atoms with Gasteiger partial charge in [0.15, 0.2) is 0 Å². The van der Waals surface area contributed by atoms with Gasteiger partial charge in [0, 0.05) is 6.04 Å². The molecule has 0 saturated heterocycles. The van der Waals surface area contributed by atoms with Crippen LogP contribution in [0.25, 0.3) is 0 Å². The molecule has 0 bridgehead atoms. The van der Waals surface area contributed by atoms with E-state index in [0.717, 1.165) is 0 Å². The van der Waals surface area contributed by atoms with E-state index in [0.29, 0.717) is 19.1 Å². The third kappa shape index (κ3) is 4.53. The summed E-state index contributed by atoms with van der Waals surface area (Å²) in [5.74, 6) is 0.491. The van der Waals surface area contributed by atoms with Crippen LogP contribution in [0.1, 0.15) is 13.8 Å². The monoisotopic (exact) mass is 143 g/mol. The Labute approximate surface area is 63.1 Å². The number of rotatable bonds is 5. The highest BCUT2D eigenvalue weighted by molar-refractivity contribution is 4.67. The molecule has 10 heavy (non-hydrogen) atoms. The lowest BCUT2D eigenvalue weighted by Gasteiger charge is -2.14. The summed E-state index contributed by atoms with van der Waals surface area (Å²) >= 11 is 0. The molecule has 0 amide bonds. The topological polar surface area (TPSA) is 35.2 Å². The lowest BCUT2D eigenvalue weighted by Crippen LogP contribution is -2.31. The second-order valence-corrected chi connectivity index (χ2v) is 2.73. The van der Waals surface area contributed by atoms with E-state index in [1.54, 1.807) is 6.08 Å². The van der Waals surface area contributed by atoms with Gasteiger partial charge < -0.3 is 10.5 Å². The Morgan fingerprint density at radius 3 is 2.60 bits per heavy atom. The fraction of sp³-hybridized carbons (Fsp3) is 0.750. The van der Waals surface area contributed by atoms with Gasteiger partial charge in [0.1, 0.15) is 0 Å². The van der Waals surface area contributed by atoms with Gasteiger partial charge >= 0.3 is 0 Å². The molecular weight excluding hydrogens is 126 g/mol. The summed E-state index contributed by atoms with van der Waals surface area (Å²) < 4.78 is 5.16. The molecule has 0 fully saturated rings. The Morgan fingerprint density at radius 1 is 1.60 bits per heavy atom. The standard InChI is InChI=1S/C8H17NO/c1-4-5-10-6-8(9)7(2)3/h4,7-8H,1,5-6,9H2,2-3H3. The number of nitrogens with two attached hydrogens (primary N) is 1. The Morgan fingerprint density at radius 2 is 2.20 bits per heavy atom. The van der Waals surface area contributed by atoms with Crippen molar-refractivity contribution in [2.24, 2.45) is 11.7 Å². The molecule has 1 unspecified atom stereocenters. The van der Waals surface area contributed by atoms with Crippen molar-refractivity contribution >= 4 is 0 Å². The van der Waals surface area contributed by atoms with Crippen LogP contribution >= 0.6 is 0 Å². The molecule has 0 aromatic rings. The highest BCUT2D eigenvalue weighted by atomic mass is 16.5. The minimum Gasteiger partial charge on any atom is -0.376 e. The molecule has 2 N–H and O–H groups in total. The first-order valence-electron chi connectivity index (χ1n) is 3.62. The fourth-order valence-electron chi connectivity index (χ4n) is 0.480. The van der Waals surface area contributed by atoms with Gasteiger partial charge in [0.05, 0.1) is 13.2 Å². The first-order chi connectivity index (χ1) is 4.68. The summed E-state index contributed by atoms with van der Waals surface area (Å²) in [6.45, 7) is 8.93. The first kappa shape index (κ1) is 9.66. The molecule has 0 spiro atoms. The maximum absolute atomic E-state index is 5.70. The molecule has 0 saturated carbocycles. The molecule has 0 aromatic carbocycles. The highest BCUT2D eigenvalue weighted by Crippen LogP contribution is 1.97. The third-order valence-electron chi connectivity index (χ3n) is 1.40. The molecule has 0 aliphatic rings. The number of hydrogen-bond donors (Lipinski definition) is 1. The molecule has 0 aliphatic heterocycles. The van der Waals surface area contributed by atoms with Crippen molar-refractivity contribution in [3.63, 3.8) is 0 Å². The molecule has 2 heteroatoms. The summed E-state index contributed by atoms with van der Waals surface area (Å²) in [5.41, 5.74) is 5.70. The van der Waals surface area contributed by atoms with Crippen LogP contribution in [-0.2, 0) is 4.74 Å². The van der Waals surface area contributed by atoms with Crippen LogP contribution in [0.4, 0.5) is 0 Å². The molecule has 1 atom stereocenters. The van der Waals surface area contributed by atoms with E-state index in [1.807, 2.05) is 0 Å². The van der Waals surface area contributed by atoms with Crippen molar-refractivity contribution in [2.45, 2.75) is 19.9 Å². The largest absolute Gasteiger partial charge is 0.376 e. The Hall–Kier alpha value is -0.340. The van der Waals surface area contributed by atoms with Crippen LogP contribution in [0.2, 0.25) is 0 Å². The summed E-state index contributed by atoms with van der Waals surface area (Å²) in [5, 5.41) is 0. The van der Waals surface area contributed by atoms with Crippen LogP contribution in [0.3, 0.4) is 0 Å². The van der Waals surface area contributed by atoms with Crippen LogP contribution in [0, 0.1) is 5.92 Å². The third-order valence-corrected chi connectivity index (χ3v) is 1.40. The van der Waals surface area contributed by atoms with Crippen LogP contribution in [0.15, 0.2) is 12.7 Å². The van der Waals surface area contributed by atoms with E-state index in [4.69, 9.17) is 10.5 Å². The smallest absolute Gasteiger partial charge is 0.0645 e. The molecule has 60 valence electrons. The van der Waals surface area contributed by atoms with Crippen molar-refractivity contribution in [3.05, 3.63) is 12.7 Å². The van der Waals surface area contributed by atoms with Gasteiger partial charge in [-0.2, -0.15) is 0 Å². The van der Waals surface area contributed by atoms with Gasteiger partial charge in [-0.1, -0.05) is 19.9 Å². The van der Waals surface area contributed by atoms with Gasteiger partial charge in [-0.25, -0.2) is 0 Å². The lowest BCUT2D eigenvalue weighted by atomic mass is 10.1. The van der Waals surface area contributed by atoms with Crippen molar-refractivity contribution in [1.82, 2.24) is 0 Å². The van der Waals surface area contributed by atoms with Crippen LogP contribution in [0.5, 0.6) is 0 Å². The molecule has 0 aliphatic carbocycles. The number of ether oxygens (including phenoxy) is 1. The minimum atomic E-state index is 0.153. The quantitative estimate of drug-likeness (QED) is 0.463. The van der Waals surface area contributed by atoms with Gasteiger partial charge in [-0.15, -0.1) is 6.58 Å². The maximum atomic E-state index is 5.70. The van der Waals surface area contributed by atoms with Gasteiger partial charge in [-0.3, -0.25) is 0 Å². The summed E-state index contributed by atoms with van der Waals surface area (Å²) in [6.07, 6.45) is 1.73. The van der Waals surface area contributed by atoms with Gasteiger partial charge in [-0.05, 0) is 5.92 Å². The van der Waals surface area contributed by atoms with E-state index in [1.165, 1.54) is 0 Å². The van der Waals surface area contributed by atoms with E-state index >= 15 is 0 Å². The normalized spacial score (nSPS) is 13.6. The molecule has 2 nitrogen and oxygen atoms in total. The van der Waals surface area contributed by atoms with E-state index in [9.17, 15) is 0 Å². The van der Waals surface area contributed by atoms with E-state index < -0.39 is 0 Å². The molecular formula is C8H17NO. The van der Waals surface area contributed by atoms with Crippen molar-refractivity contribution in [1.29, 1.82) is 0 Å². The lowest BCUT2D eigenvalue weighted by molar-refractivity contribution is 0.134. The zero-order chi connectivity index (χ0) is 7.98. The molecule has 0 aromatic heterocycles. The molecule has 0 radical (unpaired) electrons. The van der Waals surface area contributed by atoms with Gasteiger partial charge in [0.2, 0.25) is 0 Å². The van der Waals surface area contributed by atoms with Crippen molar-refractivity contribution < 1.29 is 4.74 Å². The highest BCUT2D eigenvalue weighted by Gasteiger charge is 2.05. The SMILES string of the molecule is C=CCOCC(N)C(C)C. The first-order valence-corrected chi connectivity index (χ1v) is 3.62. The van der Waals surface area contributed by atoms with Crippen LogP contribution < -0.4 is 5.73 Å². The van der Waals surface area contributed by atoms with Crippen molar-refractivity contribution in [3.8, 4) is 0 Å². The summed E-state index contributed by atoms with van der Waals surface area (Å²) in [7, 11) is 0. The van der Waals surface area contributed by atoms with E-state index in [-0.39, 0.29) is 6.04 Å². The Bertz CT molecular complexity index is 91.3. The van der Waals surface area contributed by atoms with E-state index in [2.05, 4.69) is 20.4 Å². The zero-order valence-electron chi connectivity index (χ0n) is 6.84. The molecule has 0 rings (SSSR count). The van der Waals surface area contributed by atoms with Crippen LogP contribution in [-0.4, -0.2) is 19.3 Å². The molecule has 0 heterocycles. The van der Waals surface area contributed by atoms with Gasteiger partial charge in [0.25, 0.3) is 0 Å². The number of hydrogen-bond acceptors (Lipinski definition) is 2.